The minimum Gasteiger partial charge on any atom is -0.309 e. The van der Waals surface area contributed by atoms with Crippen LogP contribution < -0.4 is 5.32 Å². The van der Waals surface area contributed by atoms with E-state index in [1.54, 1.807) is 0 Å². The average Bonchev–Trinajstić information content (AvgIpc) is 2.68. The first kappa shape index (κ1) is 13.4. The fraction of sp³-hybridized carbons (Fsp3) is 0.917. The van der Waals surface area contributed by atoms with Gasteiger partial charge in [-0.1, -0.05) is 13.3 Å². The molecule has 1 saturated heterocycles. The Bertz CT molecular complexity index is 386. The molecule has 2 rings (SSSR count). The van der Waals surface area contributed by atoms with Crippen molar-refractivity contribution in [1.29, 1.82) is 0 Å². The molecular weight excluding hydrogens is 228 g/mol. The van der Waals surface area contributed by atoms with Gasteiger partial charge in [-0.25, -0.2) is 0 Å². The van der Waals surface area contributed by atoms with Gasteiger partial charge in [-0.15, -0.1) is 10.2 Å². The van der Waals surface area contributed by atoms with Crippen molar-refractivity contribution in [2.45, 2.75) is 51.7 Å². The van der Waals surface area contributed by atoms with Crippen LogP contribution in [0, 0.1) is 0 Å². The number of hydrogen-bond donors (Lipinski definition) is 1. The quantitative estimate of drug-likeness (QED) is 0.848. The van der Waals surface area contributed by atoms with Gasteiger partial charge in [0.05, 0.1) is 13.6 Å². The topological polar surface area (TPSA) is 58.9 Å². The third-order valence-corrected chi connectivity index (χ3v) is 3.45. The van der Waals surface area contributed by atoms with Crippen molar-refractivity contribution >= 4 is 0 Å². The van der Waals surface area contributed by atoms with Crippen LogP contribution in [0.1, 0.15) is 39.4 Å². The van der Waals surface area contributed by atoms with E-state index in [1.807, 2.05) is 7.05 Å². The summed E-state index contributed by atoms with van der Waals surface area (Å²) >= 11 is 0. The van der Waals surface area contributed by atoms with E-state index in [0.29, 0.717) is 6.04 Å². The summed E-state index contributed by atoms with van der Waals surface area (Å²) in [5.74, 6) is 0.816. The second-order valence-electron chi connectivity index (χ2n) is 5.81. The summed E-state index contributed by atoms with van der Waals surface area (Å²) in [4.78, 5) is 4.01. The molecular formula is C12H24N6. The molecule has 1 atom stereocenters. The van der Waals surface area contributed by atoms with Gasteiger partial charge in [-0.05, 0) is 25.5 Å². The van der Waals surface area contributed by atoms with E-state index >= 15 is 0 Å². The molecule has 1 aliphatic heterocycles. The highest BCUT2D eigenvalue weighted by molar-refractivity contribution is 4.94. The zero-order chi connectivity index (χ0) is 13.2. The van der Waals surface area contributed by atoms with Gasteiger partial charge in [0.2, 0.25) is 0 Å². The number of aromatic nitrogens is 4. The van der Waals surface area contributed by atoms with Gasteiger partial charge in [0, 0.05) is 24.7 Å². The second kappa shape index (κ2) is 5.32. The molecule has 1 aromatic heterocycles. The van der Waals surface area contributed by atoms with Gasteiger partial charge in [0.25, 0.3) is 0 Å². The predicted molar refractivity (Wildman–Crippen MR) is 70.0 cm³/mol. The van der Waals surface area contributed by atoms with E-state index in [1.165, 1.54) is 17.6 Å². The first-order valence-corrected chi connectivity index (χ1v) is 6.72. The molecule has 0 spiro atoms. The maximum Gasteiger partial charge on any atom is 0.188 e. The Morgan fingerprint density at radius 1 is 1.44 bits per heavy atom. The van der Waals surface area contributed by atoms with Crippen LogP contribution in [0.25, 0.3) is 0 Å². The van der Waals surface area contributed by atoms with Crippen LogP contribution in [0.5, 0.6) is 0 Å². The SMILES string of the molecule is CCCC1CNC(C)(C)CN1Cc1nnn(C)n1. The van der Waals surface area contributed by atoms with Crippen LogP contribution in [-0.2, 0) is 13.6 Å². The van der Waals surface area contributed by atoms with Crippen molar-refractivity contribution < 1.29 is 0 Å². The van der Waals surface area contributed by atoms with Crippen molar-refractivity contribution in [3.63, 3.8) is 0 Å². The molecule has 0 aromatic carbocycles. The van der Waals surface area contributed by atoms with E-state index in [-0.39, 0.29) is 5.54 Å². The van der Waals surface area contributed by atoms with Crippen molar-refractivity contribution in [3.05, 3.63) is 5.82 Å². The van der Waals surface area contributed by atoms with Gasteiger partial charge in [-0.2, -0.15) is 4.80 Å². The van der Waals surface area contributed by atoms with Crippen LogP contribution in [0.15, 0.2) is 0 Å². The Morgan fingerprint density at radius 2 is 2.22 bits per heavy atom. The molecule has 0 bridgehead atoms. The zero-order valence-electron chi connectivity index (χ0n) is 11.8. The molecule has 2 heterocycles. The fourth-order valence-corrected chi connectivity index (χ4v) is 2.59. The maximum atomic E-state index is 4.28. The zero-order valence-corrected chi connectivity index (χ0v) is 11.8. The molecule has 0 radical (unpaired) electrons. The monoisotopic (exact) mass is 252 g/mol. The minimum absolute atomic E-state index is 0.159. The molecule has 1 fully saturated rings. The van der Waals surface area contributed by atoms with Gasteiger partial charge >= 0.3 is 0 Å². The van der Waals surface area contributed by atoms with Crippen molar-refractivity contribution in [1.82, 2.24) is 30.4 Å². The van der Waals surface area contributed by atoms with E-state index in [9.17, 15) is 0 Å². The lowest BCUT2D eigenvalue weighted by molar-refractivity contribution is 0.0802. The number of aryl methyl sites for hydroxylation is 1. The summed E-state index contributed by atoms with van der Waals surface area (Å²) in [6, 6.07) is 0.576. The molecule has 1 unspecified atom stereocenters. The Balaban J connectivity index is 2.05. The standard InChI is InChI=1S/C12H24N6/c1-5-6-10-7-13-12(2,3)9-18(10)8-11-14-16-17(4)15-11/h10,13H,5-9H2,1-4H3. The molecule has 1 N–H and O–H groups in total. The summed E-state index contributed by atoms with van der Waals surface area (Å²) in [6.07, 6.45) is 2.42. The molecule has 102 valence electrons. The van der Waals surface area contributed by atoms with Crippen LogP contribution in [0.4, 0.5) is 0 Å². The minimum atomic E-state index is 0.159. The fourth-order valence-electron chi connectivity index (χ4n) is 2.59. The summed E-state index contributed by atoms with van der Waals surface area (Å²) in [6.45, 7) is 9.58. The third kappa shape index (κ3) is 3.26. The number of nitrogens with one attached hydrogen (secondary N) is 1. The summed E-state index contributed by atoms with van der Waals surface area (Å²) < 4.78 is 0. The Hall–Kier alpha value is -1.01. The third-order valence-electron chi connectivity index (χ3n) is 3.45. The average molecular weight is 252 g/mol. The van der Waals surface area contributed by atoms with Crippen LogP contribution in [0.3, 0.4) is 0 Å². The molecule has 6 nitrogen and oxygen atoms in total. The Morgan fingerprint density at radius 3 is 2.83 bits per heavy atom. The highest BCUT2D eigenvalue weighted by Gasteiger charge is 2.32. The predicted octanol–water partition coefficient (Wildman–Crippen LogP) is 0.563. The van der Waals surface area contributed by atoms with Gasteiger partial charge in [0.1, 0.15) is 0 Å². The summed E-state index contributed by atoms with van der Waals surface area (Å²) in [7, 11) is 1.81. The number of rotatable bonds is 4. The smallest absolute Gasteiger partial charge is 0.188 e. The number of hydrogen-bond acceptors (Lipinski definition) is 5. The highest BCUT2D eigenvalue weighted by Crippen LogP contribution is 2.19. The van der Waals surface area contributed by atoms with E-state index in [4.69, 9.17) is 0 Å². The van der Waals surface area contributed by atoms with Crippen LogP contribution in [0.2, 0.25) is 0 Å². The van der Waals surface area contributed by atoms with Gasteiger partial charge < -0.3 is 5.32 Å². The van der Waals surface area contributed by atoms with E-state index in [0.717, 1.165) is 25.5 Å². The first-order chi connectivity index (χ1) is 8.50. The number of tetrazole rings is 1. The molecule has 0 saturated carbocycles. The largest absolute Gasteiger partial charge is 0.309 e. The van der Waals surface area contributed by atoms with Crippen LogP contribution >= 0.6 is 0 Å². The van der Waals surface area contributed by atoms with E-state index in [2.05, 4.69) is 46.4 Å². The molecule has 1 aromatic rings. The second-order valence-corrected chi connectivity index (χ2v) is 5.81. The molecule has 0 aliphatic carbocycles. The normalized spacial score (nSPS) is 24.3. The highest BCUT2D eigenvalue weighted by atomic mass is 15.6. The lowest BCUT2D eigenvalue weighted by Crippen LogP contribution is -2.61. The summed E-state index contributed by atoms with van der Waals surface area (Å²) in [5, 5.41) is 15.9. The van der Waals surface area contributed by atoms with Gasteiger partial charge in [-0.3, -0.25) is 4.90 Å². The lowest BCUT2D eigenvalue weighted by atomic mass is 9.96. The Labute approximate surface area is 109 Å². The molecule has 0 amide bonds. The van der Waals surface area contributed by atoms with Gasteiger partial charge in [0.15, 0.2) is 5.82 Å². The number of piperazine rings is 1. The number of nitrogens with zero attached hydrogens (tertiary/aromatic N) is 5. The Kier molecular flexibility index (Phi) is 3.97. The molecule has 18 heavy (non-hydrogen) atoms. The summed E-state index contributed by atoms with van der Waals surface area (Å²) in [5.41, 5.74) is 0.159. The van der Waals surface area contributed by atoms with Crippen molar-refractivity contribution in [2.75, 3.05) is 13.1 Å². The van der Waals surface area contributed by atoms with Crippen molar-refractivity contribution in [3.8, 4) is 0 Å². The molecule has 1 aliphatic rings. The van der Waals surface area contributed by atoms with E-state index < -0.39 is 0 Å². The lowest BCUT2D eigenvalue weighted by Gasteiger charge is -2.44. The van der Waals surface area contributed by atoms with Crippen molar-refractivity contribution in [2.24, 2.45) is 7.05 Å². The maximum absolute atomic E-state index is 4.28. The first-order valence-electron chi connectivity index (χ1n) is 6.72. The van der Waals surface area contributed by atoms with Crippen LogP contribution in [-0.4, -0.2) is 49.8 Å². The molecule has 6 heteroatoms.